The van der Waals surface area contributed by atoms with Gasteiger partial charge in [0, 0.05) is 56.4 Å². The van der Waals surface area contributed by atoms with Crippen molar-refractivity contribution in [1.82, 2.24) is 20.2 Å². The molecule has 0 bridgehead atoms. The molecule has 2 heterocycles. The zero-order valence-corrected chi connectivity index (χ0v) is 20.7. The van der Waals surface area contributed by atoms with Crippen molar-refractivity contribution in [1.29, 1.82) is 0 Å². The lowest BCUT2D eigenvalue weighted by atomic mass is 9.67. The minimum Gasteiger partial charge on any atom is -0.372 e. The molecule has 1 amide bonds. The lowest BCUT2D eigenvalue weighted by Crippen LogP contribution is -2.50. The van der Waals surface area contributed by atoms with E-state index in [0.29, 0.717) is 11.8 Å². The Balaban J connectivity index is 1.07. The molecule has 5 nitrogen and oxygen atoms in total. The van der Waals surface area contributed by atoms with Crippen LogP contribution in [0.4, 0.5) is 0 Å². The second-order valence-electron chi connectivity index (χ2n) is 11.9. The second kappa shape index (κ2) is 9.29. The molecule has 2 aliphatic heterocycles. The topological polar surface area (TPSA) is 38.8 Å². The highest BCUT2D eigenvalue weighted by Crippen LogP contribution is 2.47. The van der Waals surface area contributed by atoms with Gasteiger partial charge in [0.25, 0.3) is 0 Å². The fourth-order valence-corrected chi connectivity index (χ4v) is 7.29. The Morgan fingerprint density at radius 2 is 1.56 bits per heavy atom. The highest BCUT2D eigenvalue weighted by molar-refractivity contribution is 5.85. The largest absolute Gasteiger partial charge is 0.372 e. The van der Waals surface area contributed by atoms with Crippen LogP contribution in [0.5, 0.6) is 0 Å². The van der Waals surface area contributed by atoms with Gasteiger partial charge in [-0.05, 0) is 87.9 Å². The monoisotopic (exact) mass is 442 g/mol. The lowest BCUT2D eigenvalue weighted by molar-refractivity contribution is -0.138. The maximum Gasteiger partial charge on any atom is 0.228 e. The molecule has 0 radical (unpaired) electrons. The summed E-state index contributed by atoms with van der Waals surface area (Å²) in [6.45, 7) is 15.1. The number of hydrazine groups is 1. The molecule has 180 valence electrons. The van der Waals surface area contributed by atoms with E-state index in [1.54, 1.807) is 0 Å². The van der Waals surface area contributed by atoms with Crippen LogP contribution in [0.1, 0.15) is 78.1 Å². The molecule has 3 atom stereocenters. The number of carbonyl (C=O) groups excluding carboxylic acids is 1. The highest BCUT2D eigenvalue weighted by atomic mass is 16.2. The Morgan fingerprint density at radius 1 is 0.938 bits per heavy atom. The molecule has 0 aromatic carbocycles. The third-order valence-electron chi connectivity index (χ3n) is 9.82. The van der Waals surface area contributed by atoms with Crippen LogP contribution in [0.25, 0.3) is 0 Å². The second-order valence-corrected chi connectivity index (χ2v) is 11.9. The number of allylic oxidation sites excluding steroid dienone is 1. The van der Waals surface area contributed by atoms with Crippen LogP contribution in [0.3, 0.4) is 0 Å². The van der Waals surface area contributed by atoms with Crippen LogP contribution >= 0.6 is 0 Å². The van der Waals surface area contributed by atoms with Crippen molar-refractivity contribution in [2.24, 2.45) is 29.1 Å². The van der Waals surface area contributed by atoms with E-state index >= 15 is 0 Å². The number of amides is 1. The van der Waals surface area contributed by atoms with Gasteiger partial charge in [-0.3, -0.25) is 10.2 Å². The molecule has 5 aliphatic rings. The summed E-state index contributed by atoms with van der Waals surface area (Å²) in [5.41, 5.74) is 5.03. The maximum absolute atomic E-state index is 12.7. The molecule has 3 unspecified atom stereocenters. The molecule has 32 heavy (non-hydrogen) atoms. The Bertz CT molecular complexity index is 688. The van der Waals surface area contributed by atoms with Gasteiger partial charge in [-0.2, -0.15) is 0 Å². The number of nitrogens with one attached hydrogen (secondary N) is 1. The predicted molar refractivity (Wildman–Crippen MR) is 130 cm³/mol. The van der Waals surface area contributed by atoms with Crippen LogP contribution in [-0.4, -0.2) is 66.0 Å². The summed E-state index contributed by atoms with van der Waals surface area (Å²) in [7, 11) is 0. The van der Waals surface area contributed by atoms with E-state index in [0.717, 1.165) is 62.8 Å². The molecule has 0 aromatic heterocycles. The van der Waals surface area contributed by atoms with Crippen LogP contribution in [0.15, 0.2) is 12.3 Å². The van der Waals surface area contributed by atoms with Crippen LogP contribution in [0, 0.1) is 29.1 Å². The third-order valence-corrected chi connectivity index (χ3v) is 9.82. The highest BCUT2D eigenvalue weighted by Gasteiger charge is 2.47. The van der Waals surface area contributed by atoms with Gasteiger partial charge in [0.1, 0.15) is 0 Å². The zero-order chi connectivity index (χ0) is 22.3. The first-order valence-electron chi connectivity index (χ1n) is 13.7. The van der Waals surface area contributed by atoms with Gasteiger partial charge in [-0.1, -0.05) is 20.4 Å². The van der Waals surface area contributed by atoms with E-state index in [1.807, 2.05) is 0 Å². The minimum absolute atomic E-state index is 0.0289. The van der Waals surface area contributed by atoms with Crippen molar-refractivity contribution < 1.29 is 4.79 Å². The van der Waals surface area contributed by atoms with Crippen LogP contribution in [0.2, 0.25) is 0 Å². The first-order chi connectivity index (χ1) is 15.5. The Morgan fingerprint density at radius 3 is 2.22 bits per heavy atom. The number of hydrogen-bond acceptors (Lipinski definition) is 4. The zero-order valence-electron chi connectivity index (χ0n) is 20.7. The van der Waals surface area contributed by atoms with Gasteiger partial charge in [-0.15, -0.1) is 0 Å². The number of piperazine rings is 1. The molecule has 5 rings (SSSR count). The van der Waals surface area contributed by atoms with Gasteiger partial charge in [0.05, 0.1) is 0 Å². The molecule has 3 saturated carbocycles. The molecule has 2 saturated heterocycles. The Hall–Kier alpha value is -1.07. The third kappa shape index (κ3) is 4.49. The van der Waals surface area contributed by atoms with Crippen molar-refractivity contribution >= 4 is 5.91 Å². The Labute approximate surface area is 195 Å². The molecule has 3 aliphatic carbocycles. The molecular formula is C27H46N4O. The number of hydrogen-bond donors (Lipinski definition) is 1. The average Bonchev–Trinajstić information content (AvgIpc) is 3.47. The standard InChI is InChI=1S/C27H46N4O/c1-4-13-31-25-18-23(9-10-24(25)19-28-31)22-7-5-21(6-8-22)20(2)29-14-16-30(17-15-29)26(32)27(3)11-12-27/h21-25,28H,2,4-19H2,1,3H3. The van der Waals surface area contributed by atoms with Crippen molar-refractivity contribution in [3.05, 3.63) is 12.3 Å². The van der Waals surface area contributed by atoms with Crippen molar-refractivity contribution in [3.8, 4) is 0 Å². The smallest absolute Gasteiger partial charge is 0.228 e. The van der Waals surface area contributed by atoms with Gasteiger partial charge in [0.2, 0.25) is 5.91 Å². The van der Waals surface area contributed by atoms with E-state index < -0.39 is 0 Å². The number of carbonyl (C=O) groups is 1. The van der Waals surface area contributed by atoms with Crippen LogP contribution in [-0.2, 0) is 4.79 Å². The molecule has 5 heteroatoms. The van der Waals surface area contributed by atoms with Crippen LogP contribution < -0.4 is 5.43 Å². The van der Waals surface area contributed by atoms with Crippen molar-refractivity contribution in [2.75, 3.05) is 39.3 Å². The first-order valence-corrected chi connectivity index (χ1v) is 13.7. The molecule has 1 N–H and O–H groups in total. The quantitative estimate of drug-likeness (QED) is 0.667. The molecule has 0 aromatic rings. The van der Waals surface area contributed by atoms with Crippen molar-refractivity contribution in [2.45, 2.75) is 84.1 Å². The SMILES string of the molecule is C=C(C1CCC(C2CCC3CNN(CCC)C3C2)CC1)N1CCN(C(=O)C2(C)CC2)CC1. The van der Waals surface area contributed by atoms with Gasteiger partial charge in [-0.25, -0.2) is 5.01 Å². The molecule has 5 fully saturated rings. The summed E-state index contributed by atoms with van der Waals surface area (Å²) in [4.78, 5) is 17.3. The normalized spacial score (nSPS) is 37.2. The lowest BCUT2D eigenvalue weighted by Gasteiger charge is -2.44. The van der Waals surface area contributed by atoms with E-state index in [9.17, 15) is 4.79 Å². The van der Waals surface area contributed by atoms with E-state index in [-0.39, 0.29) is 5.41 Å². The molecular weight excluding hydrogens is 396 g/mol. The number of fused-ring (bicyclic) bond motifs is 1. The summed E-state index contributed by atoms with van der Waals surface area (Å²) >= 11 is 0. The van der Waals surface area contributed by atoms with Crippen molar-refractivity contribution in [3.63, 3.8) is 0 Å². The molecule has 0 spiro atoms. The fourth-order valence-electron chi connectivity index (χ4n) is 7.29. The van der Waals surface area contributed by atoms with Gasteiger partial charge < -0.3 is 9.80 Å². The summed E-state index contributed by atoms with van der Waals surface area (Å²) in [5, 5.41) is 2.58. The summed E-state index contributed by atoms with van der Waals surface area (Å²) in [5.74, 6) is 3.81. The Kier molecular flexibility index (Phi) is 6.59. The number of rotatable bonds is 6. The van der Waals surface area contributed by atoms with Gasteiger partial charge >= 0.3 is 0 Å². The summed E-state index contributed by atoms with van der Waals surface area (Å²) in [6, 6.07) is 0.790. The minimum atomic E-state index is -0.0289. The average molecular weight is 443 g/mol. The van der Waals surface area contributed by atoms with E-state index in [4.69, 9.17) is 0 Å². The maximum atomic E-state index is 12.7. The fraction of sp³-hybridized carbons (Fsp3) is 0.889. The predicted octanol–water partition coefficient (Wildman–Crippen LogP) is 4.27. The first kappa shape index (κ1) is 22.7. The van der Waals surface area contributed by atoms with E-state index in [2.05, 4.69) is 40.7 Å². The number of nitrogens with zero attached hydrogens (tertiary/aromatic N) is 3. The summed E-state index contributed by atoms with van der Waals surface area (Å²) in [6.07, 6.45) is 13.1. The van der Waals surface area contributed by atoms with Gasteiger partial charge in [0.15, 0.2) is 0 Å². The van der Waals surface area contributed by atoms with E-state index in [1.165, 1.54) is 70.2 Å². The summed E-state index contributed by atoms with van der Waals surface area (Å²) < 4.78 is 0.